The summed E-state index contributed by atoms with van der Waals surface area (Å²) < 4.78 is 0. The quantitative estimate of drug-likeness (QED) is 0.662. The molecular weight excluding hydrogens is 152 g/mol. The van der Waals surface area contributed by atoms with E-state index in [2.05, 4.69) is 17.1 Å². The number of carbonyl (C=O) groups excluding carboxylic acids is 1. The van der Waals surface area contributed by atoms with Crippen LogP contribution in [-0.2, 0) is 4.79 Å². The Bertz CT molecular complexity index is 134. The molecule has 0 radical (unpaired) electrons. The van der Waals surface area contributed by atoms with Gasteiger partial charge in [-0.25, -0.2) is 0 Å². The molecule has 0 saturated carbocycles. The molecule has 3 heteroatoms. The Morgan fingerprint density at radius 2 is 2.08 bits per heavy atom. The summed E-state index contributed by atoms with van der Waals surface area (Å²) in [6.45, 7) is 8.61. The lowest BCUT2D eigenvalue weighted by molar-refractivity contribution is -0.124. The van der Waals surface area contributed by atoms with E-state index >= 15 is 0 Å². The molecule has 0 aliphatic carbocycles. The highest BCUT2D eigenvalue weighted by atomic mass is 16.1. The average Bonchev–Trinajstić information content (AvgIpc) is 2.03. The Morgan fingerprint density at radius 3 is 2.50 bits per heavy atom. The van der Waals surface area contributed by atoms with Crippen LogP contribution in [0.5, 0.6) is 0 Å². The van der Waals surface area contributed by atoms with Gasteiger partial charge in [0.1, 0.15) is 0 Å². The molecule has 0 aromatic rings. The zero-order chi connectivity index (χ0) is 9.56. The van der Waals surface area contributed by atoms with E-state index in [-0.39, 0.29) is 11.8 Å². The molecule has 72 valence electrons. The lowest BCUT2D eigenvalue weighted by atomic mass is 10.2. The minimum atomic E-state index is 0.0944. The molecule has 0 atom stereocenters. The Hall–Kier alpha value is -0.570. The second kappa shape index (κ2) is 6.00. The van der Waals surface area contributed by atoms with Crippen molar-refractivity contribution in [1.29, 1.82) is 0 Å². The first-order valence-corrected chi connectivity index (χ1v) is 4.54. The van der Waals surface area contributed by atoms with Gasteiger partial charge in [0.25, 0.3) is 0 Å². The minimum absolute atomic E-state index is 0.0944. The number of hydrogen-bond donors (Lipinski definition) is 1. The maximum atomic E-state index is 11.1. The fraction of sp³-hybridized carbons (Fsp3) is 0.889. The fourth-order valence-corrected chi connectivity index (χ4v) is 0.732. The van der Waals surface area contributed by atoms with Gasteiger partial charge >= 0.3 is 0 Å². The van der Waals surface area contributed by atoms with Crippen molar-refractivity contribution in [3.05, 3.63) is 0 Å². The maximum Gasteiger partial charge on any atom is 0.222 e. The molecule has 0 unspecified atom stereocenters. The summed E-state index contributed by atoms with van der Waals surface area (Å²) >= 11 is 0. The predicted octanol–water partition coefficient (Wildman–Crippen LogP) is 0.710. The molecule has 0 spiro atoms. The molecule has 0 aliphatic heterocycles. The van der Waals surface area contributed by atoms with Gasteiger partial charge < -0.3 is 10.2 Å². The van der Waals surface area contributed by atoms with Gasteiger partial charge in [-0.2, -0.15) is 0 Å². The van der Waals surface area contributed by atoms with E-state index in [1.807, 2.05) is 20.9 Å². The van der Waals surface area contributed by atoms with Crippen molar-refractivity contribution in [2.45, 2.75) is 20.8 Å². The Balaban J connectivity index is 3.37. The molecule has 0 aromatic carbocycles. The summed E-state index contributed by atoms with van der Waals surface area (Å²) in [6, 6.07) is 0. The molecule has 0 saturated heterocycles. The summed E-state index contributed by atoms with van der Waals surface area (Å²) in [5.41, 5.74) is 0. The molecule has 0 aromatic heterocycles. The number of amides is 1. The number of nitrogens with one attached hydrogen (secondary N) is 1. The normalized spacial score (nSPS) is 10.8. The van der Waals surface area contributed by atoms with Crippen LogP contribution in [0.2, 0.25) is 0 Å². The molecule has 3 nitrogen and oxygen atoms in total. The number of carbonyl (C=O) groups is 1. The topological polar surface area (TPSA) is 32.3 Å². The molecular formula is C9H20N2O. The van der Waals surface area contributed by atoms with Gasteiger partial charge in [-0.1, -0.05) is 20.8 Å². The van der Waals surface area contributed by atoms with Crippen LogP contribution in [0.4, 0.5) is 0 Å². The molecule has 1 amide bonds. The van der Waals surface area contributed by atoms with Crippen LogP contribution in [-0.4, -0.2) is 37.5 Å². The van der Waals surface area contributed by atoms with Crippen molar-refractivity contribution in [3.63, 3.8) is 0 Å². The first-order valence-electron chi connectivity index (χ1n) is 4.54. The Labute approximate surface area is 75.1 Å². The third-order valence-electron chi connectivity index (χ3n) is 1.86. The van der Waals surface area contributed by atoms with Crippen LogP contribution in [0.1, 0.15) is 20.8 Å². The molecule has 0 heterocycles. The zero-order valence-electron chi connectivity index (χ0n) is 8.55. The minimum Gasteiger partial charge on any atom is -0.355 e. The van der Waals surface area contributed by atoms with Crippen LogP contribution >= 0.6 is 0 Å². The number of nitrogens with zero attached hydrogens (tertiary/aromatic N) is 1. The SMILES string of the molecule is CCN(C)CCNC(=O)C(C)C. The van der Waals surface area contributed by atoms with Gasteiger partial charge in [0.2, 0.25) is 5.91 Å². The van der Waals surface area contributed by atoms with E-state index in [4.69, 9.17) is 0 Å². The van der Waals surface area contributed by atoms with E-state index in [0.717, 1.165) is 19.6 Å². The number of likely N-dealkylation sites (N-methyl/N-ethyl adjacent to an activating group) is 1. The monoisotopic (exact) mass is 172 g/mol. The van der Waals surface area contributed by atoms with E-state index in [0.29, 0.717) is 0 Å². The molecule has 0 aliphatic rings. The first kappa shape index (κ1) is 11.4. The second-order valence-corrected chi connectivity index (χ2v) is 3.34. The number of rotatable bonds is 5. The standard InChI is InChI=1S/C9H20N2O/c1-5-11(4)7-6-10-9(12)8(2)3/h8H,5-7H2,1-4H3,(H,10,12). The van der Waals surface area contributed by atoms with Crippen molar-refractivity contribution in [2.24, 2.45) is 5.92 Å². The summed E-state index contributed by atoms with van der Waals surface area (Å²) in [5, 5.41) is 2.87. The Morgan fingerprint density at radius 1 is 1.50 bits per heavy atom. The highest BCUT2D eigenvalue weighted by Crippen LogP contribution is 1.89. The second-order valence-electron chi connectivity index (χ2n) is 3.34. The summed E-state index contributed by atoms with van der Waals surface area (Å²) in [6.07, 6.45) is 0. The first-order chi connectivity index (χ1) is 5.57. The zero-order valence-corrected chi connectivity index (χ0v) is 8.55. The van der Waals surface area contributed by atoms with Crippen molar-refractivity contribution in [2.75, 3.05) is 26.7 Å². The lowest BCUT2D eigenvalue weighted by Gasteiger charge is -2.14. The Kier molecular flexibility index (Phi) is 5.72. The highest BCUT2D eigenvalue weighted by Gasteiger charge is 2.04. The highest BCUT2D eigenvalue weighted by molar-refractivity contribution is 5.77. The van der Waals surface area contributed by atoms with Crippen LogP contribution in [0, 0.1) is 5.92 Å². The smallest absolute Gasteiger partial charge is 0.222 e. The third-order valence-corrected chi connectivity index (χ3v) is 1.86. The van der Waals surface area contributed by atoms with Crippen LogP contribution in [0.15, 0.2) is 0 Å². The van der Waals surface area contributed by atoms with Gasteiger partial charge in [0.05, 0.1) is 0 Å². The van der Waals surface area contributed by atoms with Gasteiger partial charge in [-0.05, 0) is 13.6 Å². The van der Waals surface area contributed by atoms with Gasteiger partial charge in [-0.3, -0.25) is 4.79 Å². The van der Waals surface area contributed by atoms with E-state index in [9.17, 15) is 4.79 Å². The van der Waals surface area contributed by atoms with Crippen molar-refractivity contribution in [1.82, 2.24) is 10.2 Å². The van der Waals surface area contributed by atoms with Gasteiger partial charge in [0.15, 0.2) is 0 Å². The molecule has 12 heavy (non-hydrogen) atoms. The summed E-state index contributed by atoms with van der Waals surface area (Å²) in [7, 11) is 2.04. The van der Waals surface area contributed by atoms with Gasteiger partial charge in [0, 0.05) is 19.0 Å². The average molecular weight is 172 g/mol. The van der Waals surface area contributed by atoms with Crippen LogP contribution in [0.3, 0.4) is 0 Å². The third kappa shape index (κ3) is 5.13. The van der Waals surface area contributed by atoms with Crippen molar-refractivity contribution in [3.8, 4) is 0 Å². The lowest BCUT2D eigenvalue weighted by Crippen LogP contribution is -2.34. The number of hydrogen-bond acceptors (Lipinski definition) is 2. The maximum absolute atomic E-state index is 11.1. The fourth-order valence-electron chi connectivity index (χ4n) is 0.732. The molecule has 1 N–H and O–H groups in total. The van der Waals surface area contributed by atoms with Gasteiger partial charge in [-0.15, -0.1) is 0 Å². The molecule has 0 rings (SSSR count). The van der Waals surface area contributed by atoms with Crippen molar-refractivity contribution < 1.29 is 4.79 Å². The van der Waals surface area contributed by atoms with E-state index < -0.39 is 0 Å². The molecule has 0 bridgehead atoms. The van der Waals surface area contributed by atoms with Crippen molar-refractivity contribution >= 4 is 5.91 Å². The van der Waals surface area contributed by atoms with E-state index in [1.54, 1.807) is 0 Å². The van der Waals surface area contributed by atoms with E-state index in [1.165, 1.54) is 0 Å². The largest absolute Gasteiger partial charge is 0.355 e. The summed E-state index contributed by atoms with van der Waals surface area (Å²) in [5.74, 6) is 0.233. The van der Waals surface area contributed by atoms with Crippen LogP contribution in [0.25, 0.3) is 0 Å². The summed E-state index contributed by atoms with van der Waals surface area (Å²) in [4.78, 5) is 13.3. The van der Waals surface area contributed by atoms with Crippen LogP contribution < -0.4 is 5.32 Å². The molecule has 0 fully saturated rings. The predicted molar refractivity (Wildman–Crippen MR) is 51.0 cm³/mol.